The number of rotatable bonds is 9. The number of carbonyl (C=O) groups excluding carboxylic acids is 2. The Balaban J connectivity index is 1.70. The predicted molar refractivity (Wildman–Crippen MR) is 120 cm³/mol. The average Bonchev–Trinajstić information content (AvgIpc) is 3.42. The summed E-state index contributed by atoms with van der Waals surface area (Å²) >= 11 is 2.80. The van der Waals surface area contributed by atoms with Crippen LogP contribution in [0, 0.1) is 0 Å². The van der Waals surface area contributed by atoms with Gasteiger partial charge in [-0.1, -0.05) is 75.9 Å². The Morgan fingerprint density at radius 2 is 1.90 bits per heavy atom. The first kappa shape index (κ1) is 22.0. The van der Waals surface area contributed by atoms with Crippen LogP contribution in [0.4, 0.5) is 5.13 Å². The summed E-state index contributed by atoms with van der Waals surface area (Å²) in [6.45, 7) is 10.4. The van der Waals surface area contributed by atoms with Crippen LogP contribution in [0.2, 0.25) is 0 Å². The molecule has 7 heteroatoms. The summed E-state index contributed by atoms with van der Waals surface area (Å²) in [5.41, 5.74) is 3.16. The monoisotopic (exact) mass is 431 g/mol. The van der Waals surface area contributed by atoms with Gasteiger partial charge in [0.05, 0.1) is 5.75 Å². The lowest BCUT2D eigenvalue weighted by Gasteiger charge is -2.17. The molecule has 0 spiro atoms. The normalized spacial score (nSPS) is 13.9. The van der Waals surface area contributed by atoms with E-state index in [9.17, 15) is 9.59 Å². The molecule has 29 heavy (non-hydrogen) atoms. The van der Waals surface area contributed by atoms with Crippen LogP contribution in [0.3, 0.4) is 0 Å². The zero-order valence-corrected chi connectivity index (χ0v) is 19.4. The van der Waals surface area contributed by atoms with Gasteiger partial charge >= 0.3 is 0 Å². The number of aromatic nitrogens is 2. The number of thioether (sulfide) groups is 1. The molecular formula is C22H29N3O2S2. The number of amides is 1. The first-order chi connectivity index (χ1) is 13.8. The third-order valence-corrected chi connectivity index (χ3v) is 7.13. The van der Waals surface area contributed by atoms with E-state index in [2.05, 4.69) is 50.0 Å². The maximum Gasteiger partial charge on any atom is 0.228 e. The molecule has 3 rings (SSSR count). The van der Waals surface area contributed by atoms with Gasteiger partial charge in [-0.15, -0.1) is 10.2 Å². The summed E-state index contributed by atoms with van der Waals surface area (Å²) in [7, 11) is 0. The lowest BCUT2D eigenvalue weighted by atomic mass is 9.90. The summed E-state index contributed by atoms with van der Waals surface area (Å²) < 4.78 is 0.729. The van der Waals surface area contributed by atoms with E-state index in [1.165, 1.54) is 28.7 Å². The van der Waals surface area contributed by atoms with Crippen molar-refractivity contribution >= 4 is 39.9 Å². The van der Waals surface area contributed by atoms with E-state index in [4.69, 9.17) is 0 Å². The summed E-state index contributed by atoms with van der Waals surface area (Å²) in [6.07, 6.45) is 2.51. The summed E-state index contributed by atoms with van der Waals surface area (Å²) in [5, 5.41) is 9.08. The van der Waals surface area contributed by atoms with Crippen LogP contribution in [0.1, 0.15) is 87.2 Å². The fourth-order valence-corrected chi connectivity index (χ4v) is 5.02. The topological polar surface area (TPSA) is 63.2 Å². The largest absolute Gasteiger partial charge is 0.293 e. The Bertz CT molecular complexity index is 888. The number of anilines is 1. The van der Waals surface area contributed by atoms with Gasteiger partial charge in [-0.3, -0.25) is 14.5 Å². The van der Waals surface area contributed by atoms with E-state index in [1.807, 2.05) is 13.0 Å². The van der Waals surface area contributed by atoms with E-state index in [-0.39, 0.29) is 23.7 Å². The third-order valence-electron chi connectivity index (χ3n) is 5.08. The molecule has 2 aromatic rings. The predicted octanol–water partition coefficient (Wildman–Crippen LogP) is 5.67. The molecule has 0 radical (unpaired) electrons. The van der Waals surface area contributed by atoms with Gasteiger partial charge in [-0.25, -0.2) is 0 Å². The summed E-state index contributed by atoms with van der Waals surface area (Å²) in [4.78, 5) is 26.9. The summed E-state index contributed by atoms with van der Waals surface area (Å²) in [6, 6.07) is 6.46. The van der Waals surface area contributed by atoms with E-state index >= 15 is 0 Å². The number of nitrogens with zero attached hydrogens (tertiary/aromatic N) is 3. The van der Waals surface area contributed by atoms with Crippen LogP contribution in [0.5, 0.6) is 0 Å². The molecule has 0 atom stereocenters. The van der Waals surface area contributed by atoms with Gasteiger partial charge in [0.1, 0.15) is 0 Å². The first-order valence-electron chi connectivity index (χ1n) is 10.3. The van der Waals surface area contributed by atoms with Gasteiger partial charge in [0.2, 0.25) is 11.0 Å². The van der Waals surface area contributed by atoms with Crippen LogP contribution in [-0.4, -0.2) is 33.7 Å². The third kappa shape index (κ3) is 5.25. The van der Waals surface area contributed by atoms with E-state index < -0.39 is 0 Å². The number of hydrogen-bond donors (Lipinski definition) is 0. The average molecular weight is 432 g/mol. The maximum atomic E-state index is 12.9. The maximum absolute atomic E-state index is 12.9. The fourth-order valence-electron chi connectivity index (χ4n) is 3.20. The van der Waals surface area contributed by atoms with Crippen LogP contribution in [0.25, 0.3) is 0 Å². The van der Waals surface area contributed by atoms with Gasteiger partial charge in [0, 0.05) is 18.0 Å². The molecule has 0 N–H and O–H groups in total. The lowest BCUT2D eigenvalue weighted by molar-refractivity contribution is -0.118. The minimum absolute atomic E-state index is 0.0862. The Labute approximate surface area is 181 Å². The molecule has 1 fully saturated rings. The van der Waals surface area contributed by atoms with Crippen molar-refractivity contribution in [2.75, 3.05) is 10.7 Å². The zero-order chi connectivity index (χ0) is 21.1. The molecule has 1 heterocycles. The van der Waals surface area contributed by atoms with Gasteiger partial charge < -0.3 is 0 Å². The Morgan fingerprint density at radius 1 is 1.17 bits per heavy atom. The smallest absolute Gasteiger partial charge is 0.228 e. The van der Waals surface area contributed by atoms with Crippen molar-refractivity contribution in [3.05, 3.63) is 34.9 Å². The molecule has 1 saturated carbocycles. The highest BCUT2D eigenvalue weighted by molar-refractivity contribution is 8.01. The molecule has 1 aromatic carbocycles. The molecule has 1 amide bonds. The van der Waals surface area contributed by atoms with Crippen LogP contribution in [-0.2, 0) is 4.79 Å². The van der Waals surface area contributed by atoms with Gasteiger partial charge in [0.25, 0.3) is 0 Å². The molecule has 5 nitrogen and oxygen atoms in total. The highest BCUT2D eigenvalue weighted by Crippen LogP contribution is 2.36. The number of carbonyl (C=O) groups is 2. The number of benzene rings is 1. The first-order valence-corrected chi connectivity index (χ1v) is 12.1. The van der Waals surface area contributed by atoms with Crippen molar-refractivity contribution in [1.82, 2.24) is 10.2 Å². The molecule has 0 bridgehead atoms. The minimum atomic E-state index is 0.0862. The number of ketones is 1. The Hall–Kier alpha value is -1.73. The highest BCUT2D eigenvalue weighted by atomic mass is 32.2. The second kappa shape index (κ2) is 9.39. The van der Waals surface area contributed by atoms with Gasteiger partial charge in [-0.05, 0) is 35.8 Å². The lowest BCUT2D eigenvalue weighted by Crippen LogP contribution is -2.32. The molecular weight excluding hydrogens is 402 g/mol. The number of hydrogen-bond acceptors (Lipinski definition) is 6. The quantitative estimate of drug-likeness (QED) is 0.291. The van der Waals surface area contributed by atoms with Crippen LogP contribution < -0.4 is 4.90 Å². The SMILES string of the molecule is CCC(=O)N(c1nnc(SCC(=O)c2ccc(C(C)C)cc2C(C)C)s1)C1CC1. The van der Waals surface area contributed by atoms with Crippen LogP contribution >= 0.6 is 23.1 Å². The molecule has 0 saturated heterocycles. The molecule has 1 aliphatic carbocycles. The van der Waals surface area contributed by atoms with Crippen molar-refractivity contribution < 1.29 is 9.59 Å². The molecule has 0 unspecified atom stereocenters. The van der Waals surface area contributed by atoms with Crippen molar-refractivity contribution in [2.24, 2.45) is 0 Å². The van der Waals surface area contributed by atoms with Crippen molar-refractivity contribution in [3.8, 4) is 0 Å². The highest BCUT2D eigenvalue weighted by Gasteiger charge is 2.35. The Kier molecular flexibility index (Phi) is 7.11. The standard InChI is InChI=1S/C22H29N3O2S2/c1-6-20(27)25(16-8-9-16)21-23-24-22(29-21)28-12-19(26)17-10-7-15(13(2)3)11-18(17)14(4)5/h7,10-11,13-14,16H,6,8-9,12H2,1-5H3. The van der Waals surface area contributed by atoms with Crippen molar-refractivity contribution in [2.45, 2.75) is 76.1 Å². The second-order valence-corrected chi connectivity index (χ2v) is 10.2. The number of Topliss-reactive ketones (excluding diaryl/α,β-unsaturated/α-hetero) is 1. The van der Waals surface area contributed by atoms with Crippen molar-refractivity contribution in [1.29, 1.82) is 0 Å². The Morgan fingerprint density at radius 3 is 2.48 bits per heavy atom. The fraction of sp³-hybridized carbons (Fsp3) is 0.545. The molecule has 0 aliphatic heterocycles. The minimum Gasteiger partial charge on any atom is -0.293 e. The molecule has 1 aliphatic rings. The summed E-state index contributed by atoms with van der Waals surface area (Å²) in [5.74, 6) is 1.24. The van der Waals surface area contributed by atoms with Crippen molar-refractivity contribution in [3.63, 3.8) is 0 Å². The zero-order valence-electron chi connectivity index (χ0n) is 17.8. The van der Waals surface area contributed by atoms with Gasteiger partial charge in [-0.2, -0.15) is 0 Å². The van der Waals surface area contributed by atoms with E-state index in [0.717, 1.165) is 28.3 Å². The van der Waals surface area contributed by atoms with E-state index in [1.54, 1.807) is 4.90 Å². The van der Waals surface area contributed by atoms with E-state index in [0.29, 0.717) is 23.2 Å². The molecule has 1 aromatic heterocycles. The second-order valence-electron chi connectivity index (χ2n) is 8.07. The molecule has 156 valence electrons. The van der Waals surface area contributed by atoms with Gasteiger partial charge in [0.15, 0.2) is 10.1 Å². The van der Waals surface area contributed by atoms with Crippen LogP contribution in [0.15, 0.2) is 22.5 Å².